The second-order valence-electron chi connectivity index (χ2n) is 8.85. The molecule has 2 atom stereocenters. The summed E-state index contributed by atoms with van der Waals surface area (Å²) >= 11 is 0. The summed E-state index contributed by atoms with van der Waals surface area (Å²) in [5.41, 5.74) is 0.338. The van der Waals surface area contributed by atoms with Gasteiger partial charge in [-0.05, 0) is 48.3 Å². The molecule has 1 aromatic carbocycles. The number of nitrogens with zero attached hydrogens (tertiary/aromatic N) is 2. The molecular formula is C21H26N4O3. The van der Waals surface area contributed by atoms with Crippen molar-refractivity contribution in [2.45, 2.75) is 52.1 Å². The van der Waals surface area contributed by atoms with Gasteiger partial charge in [0.2, 0.25) is 5.91 Å². The van der Waals surface area contributed by atoms with E-state index in [1.807, 2.05) is 6.07 Å². The van der Waals surface area contributed by atoms with Gasteiger partial charge in [-0.2, -0.15) is 5.26 Å². The van der Waals surface area contributed by atoms with E-state index in [4.69, 9.17) is 5.26 Å². The molecule has 0 bridgehead atoms. The quantitative estimate of drug-likeness (QED) is 0.780. The van der Waals surface area contributed by atoms with Gasteiger partial charge in [-0.15, -0.1) is 0 Å². The average molecular weight is 382 g/mol. The van der Waals surface area contributed by atoms with Crippen molar-refractivity contribution in [1.29, 1.82) is 5.26 Å². The lowest BCUT2D eigenvalue weighted by Crippen LogP contribution is -2.54. The number of urea groups is 1. The van der Waals surface area contributed by atoms with Gasteiger partial charge >= 0.3 is 6.03 Å². The Bertz CT molecular complexity index is 857. The number of carbonyl (C=O) groups excluding carboxylic acids is 3. The molecule has 28 heavy (non-hydrogen) atoms. The van der Waals surface area contributed by atoms with E-state index in [-0.39, 0.29) is 24.4 Å². The highest BCUT2D eigenvalue weighted by Crippen LogP contribution is 2.46. The zero-order chi connectivity index (χ0) is 20.5. The molecule has 2 fully saturated rings. The minimum atomic E-state index is -0.903. The first-order valence-corrected chi connectivity index (χ1v) is 9.54. The molecule has 0 aromatic heterocycles. The average Bonchev–Trinajstić information content (AvgIpc) is 2.81. The number of nitriles is 1. The summed E-state index contributed by atoms with van der Waals surface area (Å²) in [4.78, 5) is 38.8. The number of hydrogen-bond acceptors (Lipinski definition) is 4. The van der Waals surface area contributed by atoms with E-state index in [0.717, 1.165) is 16.9 Å². The molecule has 0 radical (unpaired) electrons. The fraction of sp³-hybridized carbons (Fsp3) is 0.524. The fourth-order valence-electron chi connectivity index (χ4n) is 4.80. The predicted molar refractivity (Wildman–Crippen MR) is 103 cm³/mol. The van der Waals surface area contributed by atoms with Gasteiger partial charge in [0.25, 0.3) is 5.91 Å². The van der Waals surface area contributed by atoms with E-state index in [9.17, 15) is 14.4 Å². The molecule has 2 aliphatic rings. The first-order chi connectivity index (χ1) is 13.1. The second kappa shape index (κ2) is 7.27. The van der Waals surface area contributed by atoms with Crippen LogP contribution in [-0.2, 0) is 16.1 Å². The number of imide groups is 1. The van der Waals surface area contributed by atoms with Gasteiger partial charge in [0.1, 0.15) is 12.1 Å². The second-order valence-corrected chi connectivity index (χ2v) is 8.85. The Labute approximate surface area is 165 Å². The van der Waals surface area contributed by atoms with Crippen LogP contribution >= 0.6 is 0 Å². The third-order valence-corrected chi connectivity index (χ3v) is 5.47. The first kappa shape index (κ1) is 19.9. The monoisotopic (exact) mass is 382 g/mol. The first-order valence-electron chi connectivity index (χ1n) is 9.54. The minimum absolute atomic E-state index is 0.0510. The Balaban J connectivity index is 1.64. The normalized spacial score (nSPS) is 26.1. The molecule has 7 nitrogen and oxygen atoms in total. The number of amides is 4. The number of nitrogens with one attached hydrogen (secondary N) is 2. The largest absolute Gasteiger partial charge is 0.350 e. The van der Waals surface area contributed by atoms with Crippen LogP contribution < -0.4 is 10.6 Å². The molecule has 1 aliphatic heterocycles. The molecule has 1 saturated carbocycles. The highest BCUT2D eigenvalue weighted by atomic mass is 16.2. The summed E-state index contributed by atoms with van der Waals surface area (Å²) in [5, 5.41) is 14.5. The van der Waals surface area contributed by atoms with Gasteiger partial charge in [0, 0.05) is 6.54 Å². The zero-order valence-corrected chi connectivity index (χ0v) is 16.5. The summed E-state index contributed by atoms with van der Waals surface area (Å²) in [6, 6.07) is 8.46. The molecule has 3 rings (SSSR count). The molecule has 7 heteroatoms. The van der Waals surface area contributed by atoms with Crippen molar-refractivity contribution >= 4 is 17.8 Å². The highest BCUT2D eigenvalue weighted by Gasteiger charge is 2.56. The predicted octanol–water partition coefficient (Wildman–Crippen LogP) is 2.31. The van der Waals surface area contributed by atoms with Gasteiger partial charge in [-0.25, -0.2) is 4.79 Å². The van der Waals surface area contributed by atoms with Crippen LogP contribution in [0.1, 0.15) is 51.2 Å². The molecule has 148 valence electrons. The molecule has 1 saturated heterocycles. The Hall–Kier alpha value is -2.88. The van der Waals surface area contributed by atoms with Gasteiger partial charge in [-0.1, -0.05) is 32.9 Å². The van der Waals surface area contributed by atoms with Crippen molar-refractivity contribution in [3.05, 3.63) is 35.4 Å². The minimum Gasteiger partial charge on any atom is -0.350 e. The molecule has 1 aromatic rings. The van der Waals surface area contributed by atoms with Crippen LogP contribution in [0.3, 0.4) is 0 Å². The maximum atomic E-state index is 13.0. The highest BCUT2D eigenvalue weighted by molar-refractivity contribution is 6.09. The summed E-state index contributed by atoms with van der Waals surface area (Å²) in [6.07, 6.45) is 2.17. The van der Waals surface area contributed by atoms with E-state index >= 15 is 0 Å². The van der Waals surface area contributed by atoms with Gasteiger partial charge < -0.3 is 10.6 Å². The summed E-state index contributed by atoms with van der Waals surface area (Å²) in [5.74, 6) is -0.404. The smallest absolute Gasteiger partial charge is 0.325 e. The van der Waals surface area contributed by atoms with Crippen molar-refractivity contribution in [2.24, 2.45) is 11.3 Å². The van der Waals surface area contributed by atoms with E-state index in [2.05, 4.69) is 31.4 Å². The molecule has 1 aliphatic carbocycles. The number of benzene rings is 1. The molecule has 2 unspecified atom stereocenters. The number of rotatable bonds is 4. The Kier molecular flexibility index (Phi) is 5.16. The molecule has 1 spiro atoms. The van der Waals surface area contributed by atoms with Gasteiger partial charge in [-0.3, -0.25) is 14.5 Å². The third-order valence-electron chi connectivity index (χ3n) is 5.47. The molecule has 4 amide bonds. The van der Waals surface area contributed by atoms with Crippen molar-refractivity contribution in [2.75, 3.05) is 6.54 Å². The van der Waals surface area contributed by atoms with Crippen LogP contribution in [0.25, 0.3) is 0 Å². The van der Waals surface area contributed by atoms with Crippen LogP contribution in [-0.4, -0.2) is 34.8 Å². The summed E-state index contributed by atoms with van der Waals surface area (Å²) < 4.78 is 0. The topological polar surface area (TPSA) is 102 Å². The Morgan fingerprint density at radius 3 is 2.79 bits per heavy atom. The SMILES string of the molecule is CC1CC(C)(C)CC2(C1)NC(=O)N(CC(=O)NCc1cccc(C#N)c1)C2=O. The van der Waals surface area contributed by atoms with Crippen LogP contribution in [0.4, 0.5) is 4.79 Å². The van der Waals surface area contributed by atoms with Crippen molar-refractivity contribution in [1.82, 2.24) is 15.5 Å². The lowest BCUT2D eigenvalue weighted by atomic mass is 9.64. The van der Waals surface area contributed by atoms with Crippen molar-refractivity contribution in [3.63, 3.8) is 0 Å². The van der Waals surface area contributed by atoms with E-state index < -0.39 is 17.5 Å². The summed E-state index contributed by atoms with van der Waals surface area (Å²) in [7, 11) is 0. The van der Waals surface area contributed by atoms with Crippen LogP contribution in [0.5, 0.6) is 0 Å². The maximum Gasteiger partial charge on any atom is 0.325 e. The van der Waals surface area contributed by atoms with E-state index in [0.29, 0.717) is 24.3 Å². The molecular weight excluding hydrogens is 356 g/mol. The standard InChI is InChI=1S/C21H26N4O3/c1-14-8-20(2,3)13-21(9-14)18(27)25(19(28)24-21)12-17(26)23-11-16-6-4-5-15(7-16)10-22/h4-7,14H,8-9,11-13H2,1-3H3,(H,23,26)(H,24,28). The number of hydrogen-bond donors (Lipinski definition) is 2. The van der Waals surface area contributed by atoms with Gasteiger partial charge in [0.15, 0.2) is 0 Å². The zero-order valence-electron chi connectivity index (χ0n) is 16.5. The molecule has 1 heterocycles. The maximum absolute atomic E-state index is 13.0. The van der Waals surface area contributed by atoms with Crippen molar-refractivity contribution in [3.8, 4) is 6.07 Å². The van der Waals surface area contributed by atoms with E-state index in [1.54, 1.807) is 24.3 Å². The van der Waals surface area contributed by atoms with E-state index in [1.165, 1.54) is 0 Å². The van der Waals surface area contributed by atoms with Crippen LogP contribution in [0.2, 0.25) is 0 Å². The van der Waals surface area contributed by atoms with Crippen LogP contribution in [0.15, 0.2) is 24.3 Å². The van der Waals surface area contributed by atoms with Gasteiger partial charge in [0.05, 0.1) is 11.6 Å². The third kappa shape index (κ3) is 4.01. The Morgan fingerprint density at radius 2 is 2.11 bits per heavy atom. The lowest BCUT2D eigenvalue weighted by molar-refractivity contribution is -0.137. The summed E-state index contributed by atoms with van der Waals surface area (Å²) in [6.45, 7) is 6.22. The Morgan fingerprint density at radius 1 is 1.36 bits per heavy atom. The molecule has 2 N–H and O–H groups in total. The lowest BCUT2D eigenvalue weighted by Gasteiger charge is -2.43. The van der Waals surface area contributed by atoms with Crippen LogP contribution in [0, 0.1) is 22.7 Å². The van der Waals surface area contributed by atoms with Crippen molar-refractivity contribution < 1.29 is 14.4 Å². The fourth-order valence-corrected chi connectivity index (χ4v) is 4.80. The number of carbonyl (C=O) groups is 3.